The van der Waals surface area contributed by atoms with Crippen molar-refractivity contribution in [1.29, 1.82) is 0 Å². The fourth-order valence-corrected chi connectivity index (χ4v) is 1.91. The molecule has 1 aromatic carbocycles. The Morgan fingerprint density at radius 3 is 2.94 bits per heavy atom. The third-order valence-electron chi connectivity index (χ3n) is 2.91. The molecule has 1 aliphatic heterocycles. The molecule has 2 rings (SSSR count). The largest absolute Gasteiger partial charge is 0.395 e. The molecule has 0 spiro atoms. The molecule has 0 fully saturated rings. The van der Waals surface area contributed by atoms with Crippen molar-refractivity contribution < 1.29 is 9.90 Å². The van der Waals surface area contributed by atoms with Crippen LogP contribution in [0.5, 0.6) is 0 Å². The van der Waals surface area contributed by atoms with Gasteiger partial charge in [0, 0.05) is 17.3 Å². The van der Waals surface area contributed by atoms with Gasteiger partial charge in [-0.25, -0.2) is 0 Å². The van der Waals surface area contributed by atoms with Gasteiger partial charge in [-0.15, -0.1) is 0 Å². The number of hydrogen-bond donors (Lipinski definition) is 3. The van der Waals surface area contributed by atoms with E-state index in [9.17, 15) is 4.79 Å². The summed E-state index contributed by atoms with van der Waals surface area (Å²) >= 11 is 0. The van der Waals surface area contributed by atoms with Gasteiger partial charge in [-0.2, -0.15) is 0 Å². The molecule has 0 radical (unpaired) electrons. The van der Waals surface area contributed by atoms with Crippen molar-refractivity contribution in [2.45, 2.75) is 25.4 Å². The SMILES string of the molecule is CCC(CO)NC1C(=O)Nc2ccccc21. The summed E-state index contributed by atoms with van der Waals surface area (Å²) in [6.07, 6.45) is 0.794. The Kier molecular flexibility index (Phi) is 3.22. The number of rotatable bonds is 4. The number of benzene rings is 1. The van der Waals surface area contributed by atoms with Crippen LogP contribution in [0.4, 0.5) is 5.69 Å². The molecule has 3 N–H and O–H groups in total. The first-order valence-corrected chi connectivity index (χ1v) is 5.53. The maximum Gasteiger partial charge on any atom is 0.246 e. The highest BCUT2D eigenvalue weighted by Crippen LogP contribution is 2.30. The molecule has 0 aliphatic carbocycles. The summed E-state index contributed by atoms with van der Waals surface area (Å²) in [6, 6.07) is 7.23. The normalized spacial score (nSPS) is 20.4. The Labute approximate surface area is 94.7 Å². The van der Waals surface area contributed by atoms with Crippen LogP contribution in [0, 0.1) is 0 Å². The highest BCUT2D eigenvalue weighted by molar-refractivity contribution is 6.02. The number of nitrogens with one attached hydrogen (secondary N) is 2. The van der Waals surface area contributed by atoms with Crippen LogP contribution in [0.2, 0.25) is 0 Å². The van der Waals surface area contributed by atoms with E-state index in [0.717, 1.165) is 17.7 Å². The molecule has 2 atom stereocenters. The summed E-state index contributed by atoms with van der Waals surface area (Å²) in [6.45, 7) is 2.02. The number of fused-ring (bicyclic) bond motifs is 1. The second-order valence-electron chi connectivity index (χ2n) is 3.96. The van der Waals surface area contributed by atoms with E-state index in [-0.39, 0.29) is 24.6 Å². The average Bonchev–Trinajstić information content (AvgIpc) is 2.62. The Balaban J connectivity index is 2.19. The van der Waals surface area contributed by atoms with Gasteiger partial charge >= 0.3 is 0 Å². The van der Waals surface area contributed by atoms with Gasteiger partial charge < -0.3 is 10.4 Å². The minimum absolute atomic E-state index is 0.0399. The van der Waals surface area contributed by atoms with Crippen molar-refractivity contribution in [1.82, 2.24) is 5.32 Å². The summed E-state index contributed by atoms with van der Waals surface area (Å²) in [4.78, 5) is 11.7. The highest BCUT2D eigenvalue weighted by atomic mass is 16.3. The van der Waals surface area contributed by atoms with Crippen molar-refractivity contribution in [3.8, 4) is 0 Å². The van der Waals surface area contributed by atoms with E-state index in [1.807, 2.05) is 31.2 Å². The van der Waals surface area contributed by atoms with Gasteiger partial charge in [0.05, 0.1) is 6.61 Å². The van der Waals surface area contributed by atoms with Crippen LogP contribution in [0.1, 0.15) is 24.9 Å². The Hall–Kier alpha value is -1.39. The first-order chi connectivity index (χ1) is 7.76. The summed E-state index contributed by atoms with van der Waals surface area (Å²) in [5.74, 6) is -0.0481. The van der Waals surface area contributed by atoms with Crippen molar-refractivity contribution in [3.05, 3.63) is 29.8 Å². The molecule has 1 aliphatic rings. The molecule has 0 saturated carbocycles. The number of hydrogen-bond acceptors (Lipinski definition) is 3. The number of carbonyl (C=O) groups excluding carboxylic acids is 1. The van der Waals surface area contributed by atoms with Gasteiger partial charge in [-0.1, -0.05) is 25.1 Å². The smallest absolute Gasteiger partial charge is 0.246 e. The lowest BCUT2D eigenvalue weighted by Gasteiger charge is -2.18. The van der Waals surface area contributed by atoms with Crippen LogP contribution in [0.3, 0.4) is 0 Å². The fourth-order valence-electron chi connectivity index (χ4n) is 1.91. The quantitative estimate of drug-likeness (QED) is 0.710. The van der Waals surface area contributed by atoms with E-state index >= 15 is 0 Å². The third kappa shape index (κ3) is 1.94. The predicted octanol–water partition coefficient (Wildman–Crippen LogP) is 1.04. The van der Waals surface area contributed by atoms with Gasteiger partial charge in [0.1, 0.15) is 6.04 Å². The van der Waals surface area contributed by atoms with Crippen molar-refractivity contribution in [2.75, 3.05) is 11.9 Å². The van der Waals surface area contributed by atoms with Crippen LogP contribution in [0.15, 0.2) is 24.3 Å². The van der Waals surface area contributed by atoms with E-state index in [4.69, 9.17) is 5.11 Å². The van der Waals surface area contributed by atoms with E-state index < -0.39 is 0 Å². The summed E-state index contributed by atoms with van der Waals surface area (Å²) in [7, 11) is 0. The van der Waals surface area contributed by atoms with Crippen LogP contribution >= 0.6 is 0 Å². The molecule has 86 valence electrons. The van der Waals surface area contributed by atoms with Gasteiger partial charge in [-0.05, 0) is 12.5 Å². The molecule has 4 nitrogen and oxygen atoms in total. The third-order valence-corrected chi connectivity index (χ3v) is 2.91. The standard InChI is InChI=1S/C12H16N2O2/c1-2-8(7-15)13-11-9-5-3-4-6-10(9)14-12(11)16/h3-6,8,11,13,15H,2,7H2,1H3,(H,14,16). The Bertz CT molecular complexity index is 388. The molecule has 4 heteroatoms. The Morgan fingerprint density at radius 2 is 2.25 bits per heavy atom. The monoisotopic (exact) mass is 220 g/mol. The van der Waals surface area contributed by atoms with Crippen LogP contribution in [-0.4, -0.2) is 23.7 Å². The summed E-state index contributed by atoms with van der Waals surface area (Å²) in [5, 5.41) is 15.1. The number of carbonyl (C=O) groups is 1. The molecule has 16 heavy (non-hydrogen) atoms. The molecule has 0 aromatic heterocycles. The summed E-state index contributed by atoms with van der Waals surface area (Å²) in [5.41, 5.74) is 1.82. The van der Waals surface area contributed by atoms with Gasteiger partial charge in [0.15, 0.2) is 0 Å². The number of amides is 1. The van der Waals surface area contributed by atoms with Gasteiger partial charge in [0.2, 0.25) is 5.91 Å². The van der Waals surface area contributed by atoms with Crippen LogP contribution in [0.25, 0.3) is 0 Å². The topological polar surface area (TPSA) is 61.4 Å². The first-order valence-electron chi connectivity index (χ1n) is 5.53. The lowest BCUT2D eigenvalue weighted by atomic mass is 10.1. The van der Waals surface area contributed by atoms with E-state index in [0.29, 0.717) is 0 Å². The number of aliphatic hydroxyl groups is 1. The molecule has 1 heterocycles. The minimum atomic E-state index is -0.340. The molecule has 0 bridgehead atoms. The van der Waals surface area contributed by atoms with Gasteiger partial charge in [0.25, 0.3) is 0 Å². The van der Waals surface area contributed by atoms with E-state index in [1.165, 1.54) is 0 Å². The van der Waals surface area contributed by atoms with E-state index in [1.54, 1.807) is 0 Å². The zero-order chi connectivity index (χ0) is 11.5. The number of para-hydroxylation sites is 1. The Morgan fingerprint density at radius 1 is 1.50 bits per heavy atom. The maximum absolute atomic E-state index is 11.7. The summed E-state index contributed by atoms with van der Waals surface area (Å²) < 4.78 is 0. The zero-order valence-electron chi connectivity index (χ0n) is 9.23. The lowest BCUT2D eigenvalue weighted by Crippen LogP contribution is -2.38. The molecular weight excluding hydrogens is 204 g/mol. The molecular formula is C12H16N2O2. The van der Waals surface area contributed by atoms with Crippen molar-refractivity contribution in [2.24, 2.45) is 0 Å². The molecule has 1 aromatic rings. The molecule has 0 saturated heterocycles. The maximum atomic E-state index is 11.7. The fraction of sp³-hybridized carbons (Fsp3) is 0.417. The van der Waals surface area contributed by atoms with Crippen molar-refractivity contribution >= 4 is 11.6 Å². The number of aliphatic hydroxyl groups excluding tert-OH is 1. The van der Waals surface area contributed by atoms with Crippen LogP contribution in [-0.2, 0) is 4.79 Å². The van der Waals surface area contributed by atoms with Crippen LogP contribution < -0.4 is 10.6 Å². The first kappa shape index (κ1) is 11.1. The zero-order valence-corrected chi connectivity index (χ0v) is 9.23. The molecule has 2 unspecified atom stereocenters. The lowest BCUT2D eigenvalue weighted by molar-refractivity contribution is -0.117. The average molecular weight is 220 g/mol. The molecule has 1 amide bonds. The minimum Gasteiger partial charge on any atom is -0.395 e. The second kappa shape index (κ2) is 4.63. The van der Waals surface area contributed by atoms with Crippen molar-refractivity contribution in [3.63, 3.8) is 0 Å². The van der Waals surface area contributed by atoms with Gasteiger partial charge in [-0.3, -0.25) is 10.1 Å². The number of anilines is 1. The predicted molar refractivity (Wildman–Crippen MR) is 62.1 cm³/mol. The highest BCUT2D eigenvalue weighted by Gasteiger charge is 2.31. The second-order valence-corrected chi connectivity index (χ2v) is 3.96. The van der Waals surface area contributed by atoms with E-state index in [2.05, 4.69) is 10.6 Å².